The van der Waals surface area contributed by atoms with Gasteiger partial charge in [-0.25, -0.2) is 0 Å². The first kappa shape index (κ1) is 24.2. The standard InChI is InChI=1S/C23H28ClN3O4S/c1-27-12-10-15-6-7-17(14-16(15)11-13-27)25-22(30)18(4-2-3-5-21(28)29)26-23(31)19-8-9-20(24)32-19/h6-9,14,18H,2-5,10-13H2,1H3,(H,25,30)(H,26,31)(H,28,29)/t18-/m1/s1. The zero-order chi connectivity index (χ0) is 23.1. The molecule has 1 aromatic carbocycles. The number of carbonyl (C=O) groups is 3. The molecule has 2 heterocycles. The number of carboxylic acids is 1. The SMILES string of the molecule is CN1CCc2ccc(NC(=O)[C@@H](CCCCC(=O)O)NC(=O)c3ccc(Cl)s3)cc2CC1. The van der Waals surface area contributed by atoms with Gasteiger partial charge in [0.05, 0.1) is 9.21 Å². The van der Waals surface area contributed by atoms with Gasteiger partial charge in [0.2, 0.25) is 5.91 Å². The average molecular weight is 478 g/mol. The maximum absolute atomic E-state index is 13.0. The van der Waals surface area contributed by atoms with E-state index in [0.29, 0.717) is 34.2 Å². The Bertz CT molecular complexity index is 978. The molecule has 0 spiro atoms. The number of anilines is 1. The Balaban J connectivity index is 1.68. The molecule has 2 amide bonds. The van der Waals surface area contributed by atoms with Crippen molar-refractivity contribution < 1.29 is 19.5 Å². The van der Waals surface area contributed by atoms with Gasteiger partial charge in [-0.2, -0.15) is 0 Å². The van der Waals surface area contributed by atoms with E-state index >= 15 is 0 Å². The molecule has 7 nitrogen and oxygen atoms in total. The number of nitrogens with one attached hydrogen (secondary N) is 2. The monoisotopic (exact) mass is 477 g/mol. The van der Waals surface area contributed by atoms with Gasteiger partial charge >= 0.3 is 5.97 Å². The van der Waals surface area contributed by atoms with Crippen molar-refractivity contribution in [3.63, 3.8) is 0 Å². The number of hydrogen-bond acceptors (Lipinski definition) is 5. The van der Waals surface area contributed by atoms with E-state index in [2.05, 4.69) is 28.6 Å². The molecule has 2 aromatic rings. The van der Waals surface area contributed by atoms with Crippen LogP contribution in [0.15, 0.2) is 30.3 Å². The van der Waals surface area contributed by atoms with Crippen molar-refractivity contribution in [1.82, 2.24) is 10.2 Å². The highest BCUT2D eigenvalue weighted by Crippen LogP contribution is 2.23. The average Bonchev–Trinajstić information content (AvgIpc) is 3.10. The largest absolute Gasteiger partial charge is 0.481 e. The Morgan fingerprint density at radius 1 is 1.12 bits per heavy atom. The normalized spacial score (nSPS) is 14.8. The Morgan fingerprint density at radius 2 is 1.88 bits per heavy atom. The number of fused-ring (bicyclic) bond motifs is 1. The van der Waals surface area contributed by atoms with Gasteiger partial charge in [0.25, 0.3) is 5.91 Å². The fourth-order valence-corrected chi connectivity index (χ4v) is 4.65. The lowest BCUT2D eigenvalue weighted by atomic mass is 10.0. The number of nitrogens with zero attached hydrogens (tertiary/aromatic N) is 1. The summed E-state index contributed by atoms with van der Waals surface area (Å²) in [7, 11) is 2.10. The smallest absolute Gasteiger partial charge is 0.303 e. The number of unbranched alkanes of at least 4 members (excludes halogenated alkanes) is 1. The van der Waals surface area contributed by atoms with Gasteiger partial charge in [-0.3, -0.25) is 14.4 Å². The van der Waals surface area contributed by atoms with Crippen molar-refractivity contribution in [2.45, 2.75) is 44.6 Å². The number of rotatable bonds is 9. The minimum absolute atomic E-state index is 0.0298. The van der Waals surface area contributed by atoms with E-state index in [1.54, 1.807) is 12.1 Å². The number of carbonyl (C=O) groups excluding carboxylic acids is 2. The highest BCUT2D eigenvalue weighted by molar-refractivity contribution is 7.18. The summed E-state index contributed by atoms with van der Waals surface area (Å²) in [4.78, 5) is 39.1. The minimum Gasteiger partial charge on any atom is -0.481 e. The van der Waals surface area contributed by atoms with Crippen LogP contribution in [-0.4, -0.2) is 54.0 Å². The zero-order valence-electron chi connectivity index (χ0n) is 18.0. The summed E-state index contributed by atoms with van der Waals surface area (Å²) in [6.45, 7) is 1.98. The lowest BCUT2D eigenvalue weighted by Gasteiger charge is -2.19. The van der Waals surface area contributed by atoms with Crippen LogP contribution in [0.3, 0.4) is 0 Å². The van der Waals surface area contributed by atoms with E-state index in [4.69, 9.17) is 16.7 Å². The summed E-state index contributed by atoms with van der Waals surface area (Å²) in [6, 6.07) is 8.43. The number of halogens is 1. The van der Waals surface area contributed by atoms with E-state index in [1.165, 1.54) is 11.1 Å². The van der Waals surface area contributed by atoms with Crippen LogP contribution in [0.4, 0.5) is 5.69 Å². The van der Waals surface area contributed by atoms with Crippen molar-refractivity contribution in [1.29, 1.82) is 0 Å². The summed E-state index contributed by atoms with van der Waals surface area (Å²) >= 11 is 7.07. The topological polar surface area (TPSA) is 98.7 Å². The molecule has 0 fully saturated rings. The van der Waals surface area contributed by atoms with Gasteiger partial charge in [0, 0.05) is 25.2 Å². The Hall–Kier alpha value is -2.42. The number of hydrogen-bond donors (Lipinski definition) is 3. The number of carboxylic acid groups (broad SMARTS) is 1. The van der Waals surface area contributed by atoms with Crippen molar-refractivity contribution >= 4 is 46.4 Å². The number of thiophene rings is 1. The molecule has 172 valence electrons. The van der Waals surface area contributed by atoms with Crippen molar-refractivity contribution in [3.8, 4) is 0 Å². The Labute approximate surface area is 196 Å². The van der Waals surface area contributed by atoms with E-state index in [1.807, 2.05) is 12.1 Å². The van der Waals surface area contributed by atoms with Crippen LogP contribution in [0, 0.1) is 0 Å². The number of amides is 2. The van der Waals surface area contributed by atoms with E-state index in [9.17, 15) is 14.4 Å². The summed E-state index contributed by atoms with van der Waals surface area (Å²) in [5, 5.41) is 14.6. The third-order valence-electron chi connectivity index (χ3n) is 5.55. The van der Waals surface area contributed by atoms with Crippen LogP contribution in [0.5, 0.6) is 0 Å². The van der Waals surface area contributed by atoms with Crippen LogP contribution >= 0.6 is 22.9 Å². The minimum atomic E-state index is -0.876. The van der Waals surface area contributed by atoms with Crippen LogP contribution in [-0.2, 0) is 22.4 Å². The van der Waals surface area contributed by atoms with Crippen LogP contribution in [0.2, 0.25) is 4.34 Å². The highest BCUT2D eigenvalue weighted by atomic mass is 35.5. The van der Waals surface area contributed by atoms with Crippen molar-refractivity contribution in [2.24, 2.45) is 0 Å². The van der Waals surface area contributed by atoms with E-state index < -0.39 is 12.0 Å². The second-order valence-corrected chi connectivity index (χ2v) is 9.76. The van der Waals surface area contributed by atoms with Gasteiger partial charge in [-0.1, -0.05) is 24.1 Å². The van der Waals surface area contributed by atoms with Gasteiger partial charge < -0.3 is 20.6 Å². The van der Waals surface area contributed by atoms with Gasteiger partial charge in [0.1, 0.15) is 6.04 Å². The lowest BCUT2D eigenvalue weighted by molar-refractivity contribution is -0.137. The molecule has 0 saturated carbocycles. The molecule has 0 saturated heterocycles. The van der Waals surface area contributed by atoms with E-state index in [0.717, 1.165) is 37.3 Å². The lowest BCUT2D eigenvalue weighted by Crippen LogP contribution is -2.43. The molecular weight excluding hydrogens is 450 g/mol. The Kier molecular flexibility index (Phi) is 8.67. The fourth-order valence-electron chi connectivity index (χ4n) is 3.70. The molecule has 1 aliphatic rings. The Morgan fingerprint density at radius 3 is 2.56 bits per heavy atom. The summed E-state index contributed by atoms with van der Waals surface area (Å²) in [6.07, 6.45) is 3.22. The molecule has 1 aromatic heterocycles. The van der Waals surface area contributed by atoms with Crippen molar-refractivity contribution in [2.75, 3.05) is 25.5 Å². The molecular formula is C23H28ClN3O4S. The third-order valence-corrected chi connectivity index (χ3v) is 6.78. The number of benzene rings is 1. The molecule has 0 radical (unpaired) electrons. The second kappa shape index (κ2) is 11.4. The predicted octanol–water partition coefficient (Wildman–Crippen LogP) is 3.81. The van der Waals surface area contributed by atoms with Crippen LogP contribution in [0.25, 0.3) is 0 Å². The first-order chi connectivity index (χ1) is 15.3. The maximum Gasteiger partial charge on any atom is 0.303 e. The second-order valence-electron chi connectivity index (χ2n) is 8.05. The predicted molar refractivity (Wildman–Crippen MR) is 127 cm³/mol. The van der Waals surface area contributed by atoms with Crippen LogP contribution in [0.1, 0.15) is 46.5 Å². The maximum atomic E-state index is 13.0. The number of aliphatic carboxylic acids is 1. The van der Waals surface area contributed by atoms with E-state index in [-0.39, 0.29) is 18.2 Å². The van der Waals surface area contributed by atoms with Gasteiger partial charge in [-0.15, -0.1) is 11.3 Å². The summed E-state index contributed by atoms with van der Waals surface area (Å²) in [5.74, 6) is -1.56. The van der Waals surface area contributed by atoms with Gasteiger partial charge in [-0.05, 0) is 68.1 Å². The molecule has 0 bridgehead atoms. The first-order valence-electron chi connectivity index (χ1n) is 10.7. The van der Waals surface area contributed by atoms with Crippen LogP contribution < -0.4 is 10.6 Å². The molecule has 1 aliphatic heterocycles. The number of likely N-dealkylation sites (N-methyl/N-ethyl adjacent to an activating group) is 1. The highest BCUT2D eigenvalue weighted by Gasteiger charge is 2.23. The molecule has 3 rings (SSSR count). The summed E-state index contributed by atoms with van der Waals surface area (Å²) < 4.78 is 0.494. The third kappa shape index (κ3) is 7.05. The molecule has 3 N–H and O–H groups in total. The molecule has 1 atom stereocenters. The molecule has 9 heteroatoms. The molecule has 32 heavy (non-hydrogen) atoms. The molecule has 0 aliphatic carbocycles. The van der Waals surface area contributed by atoms with Gasteiger partial charge in [0.15, 0.2) is 0 Å². The molecule has 0 unspecified atom stereocenters. The quantitative estimate of drug-likeness (QED) is 0.477. The first-order valence-corrected chi connectivity index (χ1v) is 11.9. The zero-order valence-corrected chi connectivity index (χ0v) is 19.6. The van der Waals surface area contributed by atoms with Crippen molar-refractivity contribution in [3.05, 3.63) is 50.7 Å². The summed E-state index contributed by atoms with van der Waals surface area (Å²) in [5.41, 5.74) is 3.21. The fraction of sp³-hybridized carbons (Fsp3) is 0.435.